The summed E-state index contributed by atoms with van der Waals surface area (Å²) in [5, 5.41) is 73.8. The van der Waals surface area contributed by atoms with Gasteiger partial charge in [0.1, 0.15) is 55.5 Å². The van der Waals surface area contributed by atoms with Crippen molar-refractivity contribution in [2.75, 3.05) is 128 Å². The number of rotatable bonds is 47. The predicted octanol–water partition coefficient (Wildman–Crippen LogP) is -4.01. The minimum atomic E-state index is -1.85. The van der Waals surface area contributed by atoms with Crippen molar-refractivity contribution in [1.82, 2.24) is 74.4 Å². The summed E-state index contributed by atoms with van der Waals surface area (Å²) in [6.07, 6.45) is 1.53. The third-order valence-electron chi connectivity index (χ3n) is 18.2. The molecule has 116 heavy (non-hydrogen) atoms. The number of nitrogens with two attached hydrogens (primary N) is 3. The van der Waals surface area contributed by atoms with Crippen molar-refractivity contribution in [2.45, 2.75) is 178 Å². The smallest absolute Gasteiger partial charge is 0.305 e. The minimum absolute atomic E-state index is 0.00701. The summed E-state index contributed by atoms with van der Waals surface area (Å²) in [5.74, 6) is -13.2. The van der Waals surface area contributed by atoms with Crippen LogP contribution >= 0.6 is 33.3 Å². The van der Waals surface area contributed by atoms with Crippen LogP contribution in [0.25, 0.3) is 0 Å². The molecule has 2 heterocycles. The Morgan fingerprint density at radius 1 is 0.534 bits per heavy atom. The van der Waals surface area contributed by atoms with E-state index in [-0.39, 0.29) is 171 Å². The Morgan fingerprint density at radius 3 is 1.61 bits per heavy atom. The summed E-state index contributed by atoms with van der Waals surface area (Å²) in [6.45, 7) is 11.9. The number of fused-ring (bicyclic) bond motifs is 5. The molecule has 0 aliphatic carbocycles. The van der Waals surface area contributed by atoms with E-state index in [2.05, 4.69) is 89.7 Å². The van der Waals surface area contributed by atoms with Crippen LogP contribution in [0.1, 0.15) is 124 Å². The quantitative estimate of drug-likeness (QED) is 0.00738. The molecule has 7 atom stereocenters. The number of nitrogens with one attached hydrogen (secondary N) is 14. The normalized spacial score (nSPS) is 19.9. The van der Waals surface area contributed by atoms with Gasteiger partial charge in [0.25, 0.3) is 0 Å². The molecule has 0 radical (unpaired) electrons. The van der Waals surface area contributed by atoms with Crippen molar-refractivity contribution < 1.29 is 102 Å². The lowest BCUT2D eigenvalue weighted by Crippen LogP contribution is -2.60. The fourth-order valence-corrected chi connectivity index (χ4v) is 14.1. The lowest BCUT2D eigenvalue weighted by atomic mass is 9.94. The Morgan fingerprint density at radius 2 is 1.04 bits per heavy atom. The summed E-state index contributed by atoms with van der Waals surface area (Å²) in [6, 6.07) is -2.37. The first-order chi connectivity index (χ1) is 55.2. The number of carboxylic acid groups (broad SMARTS) is 1. The van der Waals surface area contributed by atoms with E-state index in [0.717, 1.165) is 46.2 Å². The molecule has 2 saturated heterocycles. The van der Waals surface area contributed by atoms with E-state index in [9.17, 15) is 82.6 Å². The molecule has 2 fully saturated rings. The first-order valence-electron chi connectivity index (χ1n) is 38.3. The van der Waals surface area contributed by atoms with Crippen LogP contribution in [0.2, 0.25) is 0 Å². The van der Waals surface area contributed by atoms with E-state index in [0.29, 0.717) is 43.0 Å². The average molecular weight is 1700 g/mol. The molecule has 13 amide bonds. The highest BCUT2D eigenvalue weighted by Gasteiger charge is 2.36. The molecule has 1 aromatic carbocycles. The lowest BCUT2D eigenvalue weighted by molar-refractivity contribution is -0.141. The Hall–Kier alpha value is -9.18. The van der Waals surface area contributed by atoms with Crippen molar-refractivity contribution in [1.29, 1.82) is 0 Å². The molecule has 2 aliphatic rings. The zero-order valence-corrected chi connectivity index (χ0v) is 69.3. The number of nitrogens with zero attached hydrogens (tertiary/aromatic N) is 3. The topological polar surface area (TPSA) is 620 Å². The van der Waals surface area contributed by atoms with Gasteiger partial charge in [-0.05, 0) is 124 Å². The molecular formula is C72H120N20O21S3. The van der Waals surface area contributed by atoms with Gasteiger partial charge in [-0.1, -0.05) is 62.2 Å². The van der Waals surface area contributed by atoms with Crippen molar-refractivity contribution >= 4 is 133 Å². The number of hydrogen-bond donors (Lipinski definition) is 20. The zero-order chi connectivity index (χ0) is 85.9. The predicted molar refractivity (Wildman–Crippen MR) is 435 cm³/mol. The summed E-state index contributed by atoms with van der Waals surface area (Å²) in [4.78, 5) is 194. The first kappa shape index (κ1) is 101. The maximum atomic E-state index is 14.7. The van der Waals surface area contributed by atoms with Crippen molar-refractivity contribution in [3.8, 4) is 0 Å². The highest BCUT2D eigenvalue weighted by Crippen LogP contribution is 2.25. The Balaban J connectivity index is 1.91. The Labute approximate surface area is 687 Å². The van der Waals surface area contributed by atoms with E-state index in [1.54, 1.807) is 44.2 Å². The number of thioether (sulfide) groups is 1. The van der Waals surface area contributed by atoms with Gasteiger partial charge < -0.3 is 126 Å². The molecule has 1 aromatic rings. The van der Waals surface area contributed by atoms with Crippen LogP contribution in [-0.2, 0) is 92.5 Å². The SMILES string of the molecule is C/C(=N/O)C(C)(C)NCCC(CCNC(=O)CCCC(=O)NCCCC[C@@H]1NC(=O)CSC[C@@H](C(=O)NCCOCCOCCOCCNC(=O)COCC(N)=O)NC(=O)[C@H](Cc2ccccc2)NC(=O)[C@@H]2CSSC[C@H](NC1=O)C(=O)N[C@@H](CCCN=C(N)N)C(=O)NCC(=O)N[C@@H](CC(=O)O)C(=O)N2)CCNC(C)(C)/C(C)=N\O. The molecule has 3 rings (SSSR count). The first-order valence-corrected chi connectivity index (χ1v) is 41.9. The maximum absolute atomic E-state index is 14.7. The monoisotopic (exact) mass is 1700 g/mol. The van der Waals surface area contributed by atoms with E-state index < -0.39 is 150 Å². The van der Waals surface area contributed by atoms with Gasteiger partial charge in [0.2, 0.25) is 76.8 Å². The molecule has 44 heteroatoms. The fraction of sp³-hybridized carbons (Fsp3) is 0.681. The minimum Gasteiger partial charge on any atom is -0.481 e. The number of hydrogen-bond acceptors (Lipinski definition) is 28. The fourth-order valence-electron chi connectivity index (χ4n) is 11.0. The van der Waals surface area contributed by atoms with Crippen LogP contribution in [0.15, 0.2) is 45.6 Å². The molecule has 0 saturated carbocycles. The molecule has 23 N–H and O–H groups in total. The van der Waals surface area contributed by atoms with Crippen LogP contribution < -0.4 is 91.6 Å². The van der Waals surface area contributed by atoms with Crippen LogP contribution in [-0.4, -0.2) is 297 Å². The highest BCUT2D eigenvalue weighted by atomic mass is 33.1. The van der Waals surface area contributed by atoms with Crippen molar-refractivity contribution in [3.05, 3.63) is 35.9 Å². The van der Waals surface area contributed by atoms with E-state index in [4.69, 9.17) is 36.1 Å². The van der Waals surface area contributed by atoms with Gasteiger partial charge >= 0.3 is 5.97 Å². The third kappa shape index (κ3) is 44.2. The second-order valence-corrected chi connectivity index (χ2v) is 31.9. The largest absolute Gasteiger partial charge is 0.481 e. The van der Waals surface area contributed by atoms with Gasteiger partial charge in [-0.3, -0.25) is 72.1 Å². The van der Waals surface area contributed by atoms with Gasteiger partial charge in [-0.25, -0.2) is 0 Å². The molecule has 0 unspecified atom stereocenters. The number of ether oxygens (including phenoxy) is 4. The summed E-state index contributed by atoms with van der Waals surface area (Å²) >= 11 is 0.882. The molecule has 652 valence electrons. The Bertz CT molecular complexity index is 3380. The number of carbonyl (C=O) groups is 14. The van der Waals surface area contributed by atoms with Gasteiger partial charge in [-0.2, -0.15) is 0 Å². The van der Waals surface area contributed by atoms with Gasteiger partial charge in [0.15, 0.2) is 5.96 Å². The zero-order valence-electron chi connectivity index (χ0n) is 66.8. The molecule has 0 aromatic heterocycles. The number of carboxylic acids is 1. The van der Waals surface area contributed by atoms with Crippen molar-refractivity contribution in [3.63, 3.8) is 0 Å². The standard InChI is InChI=1S/C72H120N20O21S3/c1-45(91-108)71(3,4)82-26-21-47(22-27-83-72(5,6)46(2)92-109)20-25-77-58(95)19-12-18-57(94)76-23-11-10-16-50-65(103)89-54-42-115-116-43-55(90-67(105)52(37-62(99)100)85-59(96)38-81-63(101)49(86-68(54)106)17-13-24-80-70(74)75)69(107)87-51(36-48-14-8-7-9-15-48)66(104)88-53(41-114-44-61(98)84-50)64(102)79-29-31-111-33-35-112-34-32-110-30-28-78-60(97)40-113-39-56(73)93/h7-9,14-15,47,49-55,82-83,108-109H,10-13,16-44H2,1-6H3,(H2,73,93)(H,76,94)(H,77,95)(H,78,97)(H,79,102)(H,81,101)(H,84,98)(H,85,96)(H,86,106)(H,87,107)(H,88,104)(H,89,103)(H,90,105)(H,99,100)(H4,74,75,80)/b91-45-,92-46-/t49-,50-,51-,52-,53-,54-,55-/m0/s1. The average Bonchev–Trinajstić information content (AvgIpc) is 0.972. The van der Waals surface area contributed by atoms with Crippen LogP contribution in [0.3, 0.4) is 0 Å². The van der Waals surface area contributed by atoms with Crippen LogP contribution in [0.4, 0.5) is 0 Å². The highest BCUT2D eigenvalue weighted by molar-refractivity contribution is 8.76. The number of guanidine groups is 1. The number of oxime groups is 2. The summed E-state index contributed by atoms with van der Waals surface area (Å²) in [5.41, 5.74) is 16.5. The summed E-state index contributed by atoms with van der Waals surface area (Å²) in [7, 11) is 1.81. The second kappa shape index (κ2) is 57.0. The third-order valence-corrected chi connectivity index (χ3v) is 21.6. The number of benzene rings is 1. The molecule has 0 spiro atoms. The van der Waals surface area contributed by atoms with Gasteiger partial charge in [0, 0.05) is 69.2 Å². The Kier molecular flexibility index (Phi) is 49.6. The number of amides is 13. The number of primary amides is 1. The second-order valence-electron chi connectivity index (χ2n) is 28.3. The maximum Gasteiger partial charge on any atom is 0.305 e. The van der Waals surface area contributed by atoms with E-state index >= 15 is 0 Å². The van der Waals surface area contributed by atoms with E-state index in [1.807, 2.05) is 27.7 Å². The van der Waals surface area contributed by atoms with Crippen molar-refractivity contribution in [2.24, 2.45) is 38.4 Å². The number of unbranched alkanes of at least 4 members (excludes halogenated alkanes) is 1. The molecule has 2 bridgehead atoms. The van der Waals surface area contributed by atoms with E-state index in [1.165, 1.54) is 0 Å². The summed E-state index contributed by atoms with van der Waals surface area (Å²) < 4.78 is 21.5. The molecular weight excluding hydrogens is 1580 g/mol. The molecule has 41 nitrogen and oxygen atoms in total. The lowest BCUT2D eigenvalue weighted by Gasteiger charge is -2.28. The van der Waals surface area contributed by atoms with Gasteiger partial charge in [0.05, 0.1) is 80.9 Å². The van der Waals surface area contributed by atoms with Crippen LogP contribution in [0, 0.1) is 5.92 Å². The number of aliphatic imine (C=N–C) groups is 1. The van der Waals surface area contributed by atoms with Gasteiger partial charge in [-0.15, -0.1) is 11.8 Å². The number of aliphatic carboxylic acids is 1. The molecule has 2 aliphatic heterocycles. The van der Waals surface area contributed by atoms with Crippen LogP contribution in [0.5, 0.6) is 0 Å². The number of carbonyl (C=O) groups excluding carboxylic acids is 13.